The highest BCUT2D eigenvalue weighted by Crippen LogP contribution is 2.40. The molecule has 0 saturated heterocycles. The smallest absolute Gasteiger partial charge is 0.251 e. The minimum absolute atomic E-state index is 0. The molecule has 0 radical (unpaired) electrons. The van der Waals surface area contributed by atoms with Gasteiger partial charge in [0, 0.05) is 18.7 Å². The summed E-state index contributed by atoms with van der Waals surface area (Å²) < 4.78 is 16.2. The van der Waals surface area contributed by atoms with Crippen molar-refractivity contribution in [2.45, 2.75) is 0 Å². The number of fused-ring (bicyclic) bond motifs is 1. The van der Waals surface area contributed by atoms with Crippen LogP contribution in [0.25, 0.3) is 0 Å². The van der Waals surface area contributed by atoms with Gasteiger partial charge in [-0.3, -0.25) is 4.79 Å². The van der Waals surface area contributed by atoms with Crippen LogP contribution in [-0.4, -0.2) is 46.4 Å². The van der Waals surface area contributed by atoms with E-state index in [9.17, 15) is 4.79 Å². The molecule has 2 rings (SSSR count). The maximum absolute atomic E-state index is 12.0. The zero-order valence-electron chi connectivity index (χ0n) is 11.5. The van der Waals surface area contributed by atoms with Crippen molar-refractivity contribution < 1.29 is 19.0 Å². The normalized spacial score (nSPS) is 12.3. The standard InChI is InChI=1S/C13H18N2O4.ClH/c1-14-3-4-15-13(16)9-7-10(17-2)12-11(8-9)18-5-6-19-12;/h7-8,14H,3-6H2,1-2H3,(H,15,16);1H. The molecule has 112 valence electrons. The van der Waals surface area contributed by atoms with Crippen molar-refractivity contribution in [2.75, 3.05) is 40.5 Å². The molecular weight excluding hydrogens is 284 g/mol. The zero-order chi connectivity index (χ0) is 13.7. The van der Waals surface area contributed by atoms with Crippen LogP contribution in [0.15, 0.2) is 12.1 Å². The lowest BCUT2D eigenvalue weighted by Gasteiger charge is -2.21. The summed E-state index contributed by atoms with van der Waals surface area (Å²) in [7, 11) is 3.37. The third kappa shape index (κ3) is 3.68. The van der Waals surface area contributed by atoms with E-state index in [-0.39, 0.29) is 18.3 Å². The van der Waals surface area contributed by atoms with Gasteiger partial charge in [0.15, 0.2) is 11.5 Å². The Kier molecular flexibility index (Phi) is 6.41. The van der Waals surface area contributed by atoms with E-state index in [1.807, 2.05) is 7.05 Å². The molecule has 1 heterocycles. The molecule has 0 atom stereocenters. The minimum atomic E-state index is -0.162. The molecule has 0 aromatic heterocycles. The van der Waals surface area contributed by atoms with Crippen molar-refractivity contribution >= 4 is 18.3 Å². The van der Waals surface area contributed by atoms with Gasteiger partial charge in [-0.15, -0.1) is 12.4 Å². The van der Waals surface area contributed by atoms with Gasteiger partial charge in [-0.25, -0.2) is 0 Å². The minimum Gasteiger partial charge on any atom is -0.493 e. The van der Waals surface area contributed by atoms with E-state index in [4.69, 9.17) is 14.2 Å². The largest absolute Gasteiger partial charge is 0.493 e. The van der Waals surface area contributed by atoms with Crippen molar-refractivity contribution in [3.63, 3.8) is 0 Å². The van der Waals surface area contributed by atoms with Gasteiger partial charge in [0.05, 0.1) is 7.11 Å². The summed E-state index contributed by atoms with van der Waals surface area (Å²) in [6.07, 6.45) is 0. The molecule has 6 nitrogen and oxygen atoms in total. The number of amides is 1. The van der Waals surface area contributed by atoms with Crippen LogP contribution in [0.4, 0.5) is 0 Å². The van der Waals surface area contributed by atoms with E-state index in [0.29, 0.717) is 49.1 Å². The van der Waals surface area contributed by atoms with Crippen molar-refractivity contribution in [1.82, 2.24) is 10.6 Å². The van der Waals surface area contributed by atoms with Gasteiger partial charge in [0.25, 0.3) is 5.91 Å². The quantitative estimate of drug-likeness (QED) is 0.789. The number of nitrogens with one attached hydrogen (secondary N) is 2. The Morgan fingerprint density at radius 2 is 2.05 bits per heavy atom. The monoisotopic (exact) mass is 302 g/mol. The molecule has 1 amide bonds. The van der Waals surface area contributed by atoms with Crippen molar-refractivity contribution in [1.29, 1.82) is 0 Å². The Morgan fingerprint density at radius 3 is 2.75 bits per heavy atom. The number of ether oxygens (including phenoxy) is 3. The first kappa shape index (κ1) is 16.4. The number of carbonyl (C=O) groups is 1. The lowest BCUT2D eigenvalue weighted by atomic mass is 10.1. The summed E-state index contributed by atoms with van der Waals surface area (Å²) >= 11 is 0. The molecule has 20 heavy (non-hydrogen) atoms. The number of likely N-dealkylation sites (N-methyl/N-ethyl adjacent to an activating group) is 1. The van der Waals surface area contributed by atoms with Crippen LogP contribution in [0.2, 0.25) is 0 Å². The second-order valence-corrected chi connectivity index (χ2v) is 4.06. The maximum atomic E-state index is 12.0. The van der Waals surface area contributed by atoms with E-state index in [1.54, 1.807) is 12.1 Å². The molecule has 1 aromatic rings. The molecule has 1 aromatic carbocycles. The lowest BCUT2D eigenvalue weighted by Crippen LogP contribution is -2.30. The van der Waals surface area contributed by atoms with Crippen molar-refractivity contribution in [3.8, 4) is 17.2 Å². The first-order valence-corrected chi connectivity index (χ1v) is 6.16. The molecule has 7 heteroatoms. The van der Waals surface area contributed by atoms with E-state index in [1.165, 1.54) is 7.11 Å². The van der Waals surface area contributed by atoms with Crippen LogP contribution in [-0.2, 0) is 0 Å². The Morgan fingerprint density at radius 1 is 1.30 bits per heavy atom. The van der Waals surface area contributed by atoms with Crippen molar-refractivity contribution in [3.05, 3.63) is 17.7 Å². The van der Waals surface area contributed by atoms with Crippen molar-refractivity contribution in [2.24, 2.45) is 0 Å². The van der Waals surface area contributed by atoms with Crippen LogP contribution in [0, 0.1) is 0 Å². The Hall–Kier alpha value is -1.66. The number of hydrogen-bond donors (Lipinski definition) is 2. The molecule has 0 aliphatic carbocycles. The van der Waals surface area contributed by atoms with Gasteiger partial charge in [0.1, 0.15) is 13.2 Å². The van der Waals surface area contributed by atoms with Gasteiger partial charge < -0.3 is 24.8 Å². The highest BCUT2D eigenvalue weighted by molar-refractivity contribution is 5.95. The summed E-state index contributed by atoms with van der Waals surface area (Å²) in [6.45, 7) is 2.23. The van der Waals surface area contributed by atoms with E-state index in [0.717, 1.165) is 0 Å². The van der Waals surface area contributed by atoms with Crippen LogP contribution >= 0.6 is 12.4 Å². The summed E-state index contributed by atoms with van der Waals surface area (Å²) in [5.41, 5.74) is 0.497. The zero-order valence-corrected chi connectivity index (χ0v) is 12.3. The highest BCUT2D eigenvalue weighted by atomic mass is 35.5. The SMILES string of the molecule is CNCCNC(=O)c1cc(OC)c2c(c1)OCCO2.Cl. The fourth-order valence-corrected chi connectivity index (χ4v) is 1.81. The molecule has 2 N–H and O–H groups in total. The molecule has 0 fully saturated rings. The molecule has 1 aliphatic heterocycles. The number of methoxy groups -OCH3 is 1. The number of benzene rings is 1. The Balaban J connectivity index is 0.00000200. The third-order valence-corrected chi connectivity index (χ3v) is 2.75. The average Bonchev–Trinajstić information content (AvgIpc) is 2.46. The summed E-state index contributed by atoms with van der Waals surface area (Å²) in [4.78, 5) is 12.0. The molecule has 1 aliphatic rings. The first-order valence-electron chi connectivity index (χ1n) is 6.16. The first-order chi connectivity index (χ1) is 9.26. The van der Waals surface area contributed by atoms with E-state index < -0.39 is 0 Å². The predicted octanol–water partition coefficient (Wildman–Crippen LogP) is 0.837. The van der Waals surface area contributed by atoms with E-state index in [2.05, 4.69) is 10.6 Å². The molecular formula is C13H19ClN2O4. The van der Waals surface area contributed by atoms with E-state index >= 15 is 0 Å². The summed E-state index contributed by atoms with van der Waals surface area (Å²) in [6, 6.07) is 3.33. The average molecular weight is 303 g/mol. The number of carbonyl (C=O) groups excluding carboxylic acids is 1. The van der Waals surface area contributed by atoms with Crippen LogP contribution in [0.5, 0.6) is 17.2 Å². The molecule has 0 saturated carbocycles. The maximum Gasteiger partial charge on any atom is 0.251 e. The van der Waals surface area contributed by atoms with Crippen LogP contribution < -0.4 is 24.8 Å². The van der Waals surface area contributed by atoms with Crippen LogP contribution in [0.3, 0.4) is 0 Å². The third-order valence-electron chi connectivity index (χ3n) is 2.75. The second kappa shape index (κ2) is 7.81. The predicted molar refractivity (Wildman–Crippen MR) is 77.5 cm³/mol. The van der Waals surface area contributed by atoms with Crippen LogP contribution in [0.1, 0.15) is 10.4 Å². The van der Waals surface area contributed by atoms with Gasteiger partial charge in [-0.2, -0.15) is 0 Å². The fourth-order valence-electron chi connectivity index (χ4n) is 1.81. The number of hydrogen-bond acceptors (Lipinski definition) is 5. The lowest BCUT2D eigenvalue weighted by molar-refractivity contribution is 0.0952. The van der Waals surface area contributed by atoms with Gasteiger partial charge in [-0.1, -0.05) is 0 Å². The van der Waals surface area contributed by atoms with Gasteiger partial charge in [-0.05, 0) is 19.2 Å². The number of halogens is 1. The molecule has 0 spiro atoms. The molecule has 0 unspecified atom stereocenters. The molecule has 0 bridgehead atoms. The summed E-state index contributed by atoms with van der Waals surface area (Å²) in [5, 5.41) is 5.77. The van der Waals surface area contributed by atoms with Gasteiger partial charge in [0.2, 0.25) is 5.75 Å². The number of rotatable bonds is 5. The Labute approximate surface area is 124 Å². The summed E-state index contributed by atoms with van der Waals surface area (Å²) in [5.74, 6) is 1.45. The second-order valence-electron chi connectivity index (χ2n) is 4.06. The Bertz CT molecular complexity index is 451. The highest BCUT2D eigenvalue weighted by Gasteiger charge is 2.20. The fraction of sp³-hybridized carbons (Fsp3) is 0.462. The topological polar surface area (TPSA) is 68.8 Å². The van der Waals surface area contributed by atoms with Gasteiger partial charge >= 0.3 is 0 Å².